The highest BCUT2D eigenvalue weighted by atomic mass is 16.5. The summed E-state index contributed by atoms with van der Waals surface area (Å²) >= 11 is 0. The van der Waals surface area contributed by atoms with Crippen molar-refractivity contribution in [3.8, 4) is 0 Å². The van der Waals surface area contributed by atoms with Crippen LogP contribution in [0.1, 0.15) is 34.9 Å². The Labute approximate surface area is 200 Å². The van der Waals surface area contributed by atoms with Crippen LogP contribution in [0.15, 0.2) is 97.2 Å². The normalized spacial score (nSPS) is 13.9. The van der Waals surface area contributed by atoms with Crippen LogP contribution in [0.5, 0.6) is 0 Å². The molecule has 0 fully saturated rings. The van der Waals surface area contributed by atoms with Gasteiger partial charge in [-0.15, -0.1) is 0 Å². The Morgan fingerprint density at radius 1 is 0.882 bits per heavy atom. The van der Waals surface area contributed by atoms with Crippen LogP contribution in [0.2, 0.25) is 0 Å². The van der Waals surface area contributed by atoms with E-state index in [1.54, 1.807) is 4.68 Å². The first kappa shape index (κ1) is 22.1. The molecule has 5 rings (SSSR count). The third-order valence-electron chi connectivity index (χ3n) is 6.55. The Morgan fingerprint density at radius 3 is 1.91 bits per heavy atom. The van der Waals surface area contributed by atoms with Crippen molar-refractivity contribution in [1.29, 1.82) is 0 Å². The van der Waals surface area contributed by atoms with Crippen LogP contribution in [0.3, 0.4) is 0 Å². The van der Waals surface area contributed by atoms with E-state index in [1.807, 2.05) is 13.1 Å². The standard InChI is InChI=1S/C29H29N3O2/c1-2-34-28(33)22-32-21-23-20-31(19-18-27(23)30-32)29(24-12-6-3-7-13-24,25-14-8-4-9-15-25)26-16-10-5-11-17-26/h3-17,21H,2,18-20,22H2,1H3. The predicted octanol–water partition coefficient (Wildman–Crippen LogP) is 4.80. The summed E-state index contributed by atoms with van der Waals surface area (Å²) in [4.78, 5) is 14.6. The third-order valence-corrected chi connectivity index (χ3v) is 6.55. The molecule has 0 spiro atoms. The number of esters is 1. The molecule has 0 amide bonds. The molecule has 4 aromatic rings. The third kappa shape index (κ3) is 4.03. The highest BCUT2D eigenvalue weighted by Gasteiger charge is 2.43. The second kappa shape index (κ2) is 9.65. The van der Waals surface area contributed by atoms with Crippen molar-refractivity contribution in [2.24, 2.45) is 0 Å². The van der Waals surface area contributed by atoms with Gasteiger partial charge in [-0.05, 0) is 23.6 Å². The number of hydrogen-bond donors (Lipinski definition) is 0. The molecule has 3 aromatic carbocycles. The molecule has 0 unspecified atom stereocenters. The molecule has 0 saturated carbocycles. The molecule has 0 atom stereocenters. The molecule has 0 saturated heterocycles. The van der Waals surface area contributed by atoms with Crippen LogP contribution in [-0.4, -0.2) is 33.8 Å². The SMILES string of the molecule is CCOC(=O)Cn1cc2c(n1)CCN(C(c1ccccc1)(c1ccccc1)c1ccccc1)C2. The lowest BCUT2D eigenvalue weighted by Crippen LogP contribution is -2.50. The summed E-state index contributed by atoms with van der Waals surface area (Å²) in [6.07, 6.45) is 2.82. The molecule has 0 N–H and O–H groups in total. The van der Waals surface area contributed by atoms with E-state index < -0.39 is 5.54 Å². The van der Waals surface area contributed by atoms with Crippen LogP contribution in [-0.2, 0) is 34.6 Å². The molecule has 0 bridgehead atoms. The Balaban J connectivity index is 1.61. The summed E-state index contributed by atoms with van der Waals surface area (Å²) in [6, 6.07) is 32.2. The van der Waals surface area contributed by atoms with Crippen molar-refractivity contribution >= 4 is 5.97 Å². The van der Waals surface area contributed by atoms with Crippen LogP contribution >= 0.6 is 0 Å². The molecule has 172 valence electrons. The Hall–Kier alpha value is -3.70. The minimum atomic E-state index is -0.454. The molecule has 1 aromatic heterocycles. The minimum absolute atomic E-state index is 0.141. The maximum atomic E-state index is 12.0. The van der Waals surface area contributed by atoms with Crippen molar-refractivity contribution in [1.82, 2.24) is 14.7 Å². The lowest BCUT2D eigenvalue weighted by atomic mass is 9.74. The summed E-state index contributed by atoms with van der Waals surface area (Å²) < 4.78 is 6.84. The second-order valence-electron chi connectivity index (χ2n) is 8.58. The number of carbonyl (C=O) groups excluding carboxylic acids is 1. The van der Waals surface area contributed by atoms with Gasteiger partial charge in [0.2, 0.25) is 0 Å². The van der Waals surface area contributed by atoms with Gasteiger partial charge in [-0.25, -0.2) is 0 Å². The van der Waals surface area contributed by atoms with Crippen LogP contribution in [0.4, 0.5) is 0 Å². The first-order valence-electron chi connectivity index (χ1n) is 11.8. The van der Waals surface area contributed by atoms with Crippen molar-refractivity contribution in [3.63, 3.8) is 0 Å². The van der Waals surface area contributed by atoms with E-state index in [0.29, 0.717) is 6.61 Å². The number of hydrogen-bond acceptors (Lipinski definition) is 4. The largest absolute Gasteiger partial charge is 0.465 e. The number of fused-ring (bicyclic) bond motifs is 1. The van der Waals surface area contributed by atoms with Gasteiger partial charge in [-0.1, -0.05) is 91.0 Å². The minimum Gasteiger partial charge on any atom is -0.465 e. The van der Waals surface area contributed by atoms with E-state index in [-0.39, 0.29) is 12.5 Å². The Bertz CT molecular complexity index is 1140. The van der Waals surface area contributed by atoms with Crippen LogP contribution in [0.25, 0.3) is 0 Å². The summed E-state index contributed by atoms with van der Waals surface area (Å²) in [7, 11) is 0. The van der Waals surface area contributed by atoms with E-state index >= 15 is 0 Å². The van der Waals surface area contributed by atoms with E-state index in [2.05, 4.69) is 95.9 Å². The number of nitrogens with zero attached hydrogens (tertiary/aromatic N) is 3. The highest BCUT2D eigenvalue weighted by molar-refractivity contribution is 5.69. The van der Waals surface area contributed by atoms with Crippen molar-refractivity contribution in [3.05, 3.63) is 125 Å². The Morgan fingerprint density at radius 2 is 1.41 bits per heavy atom. The molecule has 0 radical (unpaired) electrons. The Kier molecular flexibility index (Phi) is 6.28. The maximum Gasteiger partial charge on any atom is 0.327 e. The predicted molar refractivity (Wildman–Crippen MR) is 132 cm³/mol. The zero-order valence-electron chi connectivity index (χ0n) is 19.4. The fourth-order valence-corrected chi connectivity index (χ4v) is 5.16. The summed E-state index contributed by atoms with van der Waals surface area (Å²) in [6.45, 7) is 3.92. The van der Waals surface area contributed by atoms with E-state index in [1.165, 1.54) is 16.7 Å². The average Bonchev–Trinajstić information content (AvgIpc) is 3.28. The first-order valence-corrected chi connectivity index (χ1v) is 11.8. The van der Waals surface area contributed by atoms with Gasteiger partial charge in [0.15, 0.2) is 0 Å². The fourth-order valence-electron chi connectivity index (χ4n) is 5.16. The van der Waals surface area contributed by atoms with Gasteiger partial charge in [0.25, 0.3) is 0 Å². The highest BCUT2D eigenvalue weighted by Crippen LogP contribution is 2.44. The molecule has 2 heterocycles. The fraction of sp³-hybridized carbons (Fsp3) is 0.241. The van der Waals surface area contributed by atoms with Gasteiger partial charge in [-0.2, -0.15) is 5.10 Å². The quantitative estimate of drug-likeness (QED) is 0.299. The van der Waals surface area contributed by atoms with Gasteiger partial charge in [0, 0.05) is 31.3 Å². The number of rotatable bonds is 7. The lowest BCUT2D eigenvalue weighted by Gasteiger charge is -2.47. The van der Waals surface area contributed by atoms with E-state index in [0.717, 1.165) is 30.8 Å². The summed E-state index contributed by atoms with van der Waals surface area (Å²) in [5.41, 5.74) is 5.45. The number of ether oxygens (including phenoxy) is 1. The molecular formula is C29H29N3O2. The topological polar surface area (TPSA) is 47.4 Å². The first-order chi connectivity index (χ1) is 16.7. The monoisotopic (exact) mass is 451 g/mol. The molecule has 34 heavy (non-hydrogen) atoms. The second-order valence-corrected chi connectivity index (χ2v) is 8.58. The van der Waals surface area contributed by atoms with Gasteiger partial charge >= 0.3 is 5.97 Å². The van der Waals surface area contributed by atoms with Crippen molar-refractivity contribution in [2.75, 3.05) is 13.2 Å². The zero-order chi connectivity index (χ0) is 23.4. The van der Waals surface area contributed by atoms with Crippen LogP contribution in [0, 0.1) is 0 Å². The van der Waals surface area contributed by atoms with Gasteiger partial charge in [0.1, 0.15) is 6.54 Å². The lowest BCUT2D eigenvalue weighted by molar-refractivity contribution is -0.144. The smallest absolute Gasteiger partial charge is 0.327 e. The summed E-state index contributed by atoms with van der Waals surface area (Å²) in [5, 5.41) is 4.70. The molecule has 5 heteroatoms. The zero-order valence-corrected chi connectivity index (χ0v) is 19.4. The summed E-state index contributed by atoms with van der Waals surface area (Å²) in [5.74, 6) is -0.258. The number of aromatic nitrogens is 2. The molecular weight excluding hydrogens is 422 g/mol. The maximum absolute atomic E-state index is 12.0. The number of benzene rings is 3. The van der Waals surface area contributed by atoms with Crippen molar-refractivity contribution in [2.45, 2.75) is 32.0 Å². The molecule has 1 aliphatic heterocycles. The average molecular weight is 452 g/mol. The van der Waals surface area contributed by atoms with E-state index in [4.69, 9.17) is 9.84 Å². The van der Waals surface area contributed by atoms with Crippen molar-refractivity contribution < 1.29 is 9.53 Å². The van der Waals surface area contributed by atoms with E-state index in [9.17, 15) is 4.79 Å². The van der Waals surface area contributed by atoms with Gasteiger partial charge < -0.3 is 4.74 Å². The molecule has 0 aliphatic carbocycles. The van der Waals surface area contributed by atoms with Gasteiger partial charge in [-0.3, -0.25) is 14.4 Å². The molecule has 5 nitrogen and oxygen atoms in total. The molecule has 1 aliphatic rings. The number of carbonyl (C=O) groups is 1. The van der Waals surface area contributed by atoms with Crippen LogP contribution < -0.4 is 0 Å². The van der Waals surface area contributed by atoms with Gasteiger partial charge in [0.05, 0.1) is 17.8 Å².